The normalized spacial score (nSPS) is 11.6. The average molecular weight is 671 g/mol. The molecular formula is C31H20BrClF3N3O4. The predicted molar refractivity (Wildman–Crippen MR) is 161 cm³/mol. The number of carbonyl (C=O) groups excluding carboxylic acids is 2. The maximum Gasteiger partial charge on any atom is 0.416 e. The Hall–Kier alpha value is -4.61. The third-order valence-corrected chi connectivity index (χ3v) is 7.34. The molecule has 0 unspecified atom stereocenters. The summed E-state index contributed by atoms with van der Waals surface area (Å²) in [7, 11) is 1.34. The first-order valence-corrected chi connectivity index (χ1v) is 13.7. The predicted octanol–water partition coefficient (Wildman–Crippen LogP) is 8.26. The van der Waals surface area contributed by atoms with Crippen LogP contribution in [0.5, 0.6) is 11.5 Å². The van der Waals surface area contributed by atoms with Gasteiger partial charge in [-0.15, -0.1) is 0 Å². The second kappa shape index (κ2) is 12.3. The van der Waals surface area contributed by atoms with E-state index >= 15 is 0 Å². The lowest BCUT2D eigenvalue weighted by atomic mass is 10.0. The van der Waals surface area contributed by atoms with Gasteiger partial charge in [-0.3, -0.25) is 4.79 Å². The topological polar surface area (TPSA) is 92.8 Å². The highest BCUT2D eigenvalue weighted by Crippen LogP contribution is 2.39. The fourth-order valence-electron chi connectivity index (χ4n) is 4.35. The molecule has 2 N–H and O–H groups in total. The van der Waals surface area contributed by atoms with E-state index in [2.05, 4.69) is 31.4 Å². The molecule has 1 amide bonds. The lowest BCUT2D eigenvalue weighted by Crippen LogP contribution is -2.19. The van der Waals surface area contributed by atoms with E-state index in [9.17, 15) is 22.8 Å². The summed E-state index contributed by atoms with van der Waals surface area (Å²) in [5.41, 5.74) is 3.98. The van der Waals surface area contributed by atoms with Crippen molar-refractivity contribution in [2.24, 2.45) is 5.10 Å². The zero-order valence-corrected chi connectivity index (χ0v) is 24.5. The number of hydrogen-bond donors (Lipinski definition) is 2. The molecule has 0 radical (unpaired) electrons. The van der Waals surface area contributed by atoms with E-state index in [1.165, 1.54) is 37.6 Å². The molecule has 0 atom stereocenters. The van der Waals surface area contributed by atoms with Crippen LogP contribution >= 0.6 is 27.5 Å². The summed E-state index contributed by atoms with van der Waals surface area (Å²) >= 11 is 9.99. The van der Waals surface area contributed by atoms with Crippen LogP contribution in [0.15, 0.2) is 94.5 Å². The number of fused-ring (bicyclic) bond motifs is 1. The summed E-state index contributed by atoms with van der Waals surface area (Å²) in [4.78, 5) is 29.0. The number of nitrogens with zero attached hydrogens (tertiary/aromatic N) is 1. The number of nitrogens with one attached hydrogen (secondary N) is 2. The van der Waals surface area contributed by atoms with Crippen LogP contribution in [-0.2, 0) is 6.18 Å². The molecule has 1 aromatic heterocycles. The minimum Gasteiger partial charge on any atom is -0.493 e. The van der Waals surface area contributed by atoms with E-state index in [-0.39, 0.29) is 22.8 Å². The van der Waals surface area contributed by atoms with Crippen molar-refractivity contribution >= 4 is 56.5 Å². The summed E-state index contributed by atoms with van der Waals surface area (Å²) in [6.45, 7) is 0. The number of esters is 1. The van der Waals surface area contributed by atoms with E-state index in [0.29, 0.717) is 33.3 Å². The largest absolute Gasteiger partial charge is 0.493 e. The molecule has 1 heterocycles. The van der Waals surface area contributed by atoms with Crippen molar-refractivity contribution in [3.8, 4) is 22.6 Å². The quantitative estimate of drug-likeness (QED) is 0.0790. The summed E-state index contributed by atoms with van der Waals surface area (Å²) in [5, 5.41) is 5.32. The number of hydrazone groups is 1. The van der Waals surface area contributed by atoms with Crippen LogP contribution < -0.4 is 14.9 Å². The molecule has 0 fully saturated rings. The maximum absolute atomic E-state index is 13.3. The van der Waals surface area contributed by atoms with Crippen molar-refractivity contribution in [3.63, 3.8) is 0 Å². The zero-order chi connectivity index (χ0) is 30.7. The first-order valence-electron chi connectivity index (χ1n) is 12.5. The number of para-hydroxylation sites is 1. The highest BCUT2D eigenvalue weighted by Gasteiger charge is 2.31. The van der Waals surface area contributed by atoms with Crippen molar-refractivity contribution in [1.82, 2.24) is 10.4 Å². The van der Waals surface area contributed by atoms with Gasteiger partial charge in [-0.25, -0.2) is 10.2 Å². The summed E-state index contributed by atoms with van der Waals surface area (Å²) < 4.78 is 50.4. The second-order valence-corrected chi connectivity index (χ2v) is 10.4. The lowest BCUT2D eigenvalue weighted by Gasteiger charge is -2.11. The summed E-state index contributed by atoms with van der Waals surface area (Å²) in [6.07, 6.45) is -3.25. The number of H-pyrrole nitrogens is 1. The molecule has 0 aliphatic carbocycles. The molecule has 0 saturated carbocycles. The average Bonchev–Trinajstić information content (AvgIpc) is 3.38. The molecule has 12 heteroatoms. The van der Waals surface area contributed by atoms with Gasteiger partial charge in [0.25, 0.3) is 5.91 Å². The summed E-state index contributed by atoms with van der Waals surface area (Å²) in [5.74, 6) is -1.40. The molecule has 0 aliphatic rings. The SMILES string of the molecule is COc1cc(C=NNC(=O)c2[nH]c3c(Br)cccc3c2-c2ccccc2Cl)ccc1OC(=O)c1cccc(C(F)(F)F)c1. The Labute approximate surface area is 256 Å². The number of amides is 1. The molecule has 0 saturated heterocycles. The van der Waals surface area contributed by atoms with Gasteiger partial charge in [0.1, 0.15) is 5.69 Å². The second-order valence-electron chi connectivity index (χ2n) is 9.09. The minimum absolute atomic E-state index is 0.0147. The standard InChI is InChI=1S/C31H20BrClF3N3O4/c1-42-25-14-17(12-13-24(25)43-30(41)18-6-4-7-19(15-18)31(34,35)36)16-37-39-29(40)28-26(20-8-2-3-11-23(20)33)21-9-5-10-22(32)27(21)38-28/h2-16,38H,1H3,(H,39,40). The minimum atomic E-state index is -4.61. The molecule has 7 nitrogen and oxygen atoms in total. The van der Waals surface area contributed by atoms with Gasteiger partial charge in [0.15, 0.2) is 11.5 Å². The van der Waals surface area contributed by atoms with Gasteiger partial charge in [-0.05, 0) is 70.0 Å². The molecule has 218 valence electrons. The van der Waals surface area contributed by atoms with Crippen molar-refractivity contribution < 1.29 is 32.2 Å². The maximum atomic E-state index is 13.3. The van der Waals surface area contributed by atoms with Crippen LogP contribution in [0.1, 0.15) is 32.0 Å². The molecule has 0 bridgehead atoms. The molecular weight excluding hydrogens is 651 g/mol. The number of aromatic amines is 1. The van der Waals surface area contributed by atoms with Crippen molar-refractivity contribution in [1.29, 1.82) is 0 Å². The number of hydrogen-bond acceptors (Lipinski definition) is 5. The lowest BCUT2D eigenvalue weighted by molar-refractivity contribution is -0.137. The van der Waals surface area contributed by atoms with Crippen molar-refractivity contribution in [2.75, 3.05) is 7.11 Å². The Kier molecular flexibility index (Phi) is 8.56. The van der Waals surface area contributed by atoms with Crippen LogP contribution in [0.4, 0.5) is 13.2 Å². The van der Waals surface area contributed by atoms with E-state index < -0.39 is 23.6 Å². The third-order valence-electron chi connectivity index (χ3n) is 6.35. The molecule has 43 heavy (non-hydrogen) atoms. The molecule has 0 aliphatic heterocycles. The number of aromatic nitrogens is 1. The third kappa shape index (κ3) is 6.42. The van der Waals surface area contributed by atoms with E-state index in [1.54, 1.807) is 12.1 Å². The summed E-state index contributed by atoms with van der Waals surface area (Å²) in [6, 6.07) is 21.1. The number of halogens is 5. The van der Waals surface area contributed by atoms with E-state index in [1.807, 2.05) is 30.3 Å². The Morgan fingerprint density at radius 2 is 1.74 bits per heavy atom. The van der Waals surface area contributed by atoms with Crippen LogP contribution in [0.25, 0.3) is 22.0 Å². The van der Waals surface area contributed by atoms with Gasteiger partial charge in [0.05, 0.1) is 30.0 Å². The number of carbonyl (C=O) groups is 2. The molecule has 5 rings (SSSR count). The Bertz CT molecular complexity index is 1890. The number of alkyl halides is 3. The Morgan fingerprint density at radius 1 is 0.977 bits per heavy atom. The first kappa shape index (κ1) is 29.9. The number of methoxy groups -OCH3 is 1. The molecule has 5 aromatic rings. The van der Waals surface area contributed by atoms with Crippen LogP contribution in [0.3, 0.4) is 0 Å². The van der Waals surface area contributed by atoms with Crippen molar-refractivity contribution in [3.05, 3.63) is 117 Å². The van der Waals surface area contributed by atoms with Crippen LogP contribution in [0, 0.1) is 0 Å². The molecule has 0 spiro atoms. The number of benzene rings is 4. The molecule has 4 aromatic carbocycles. The van der Waals surface area contributed by atoms with Gasteiger partial charge in [0, 0.05) is 26.0 Å². The zero-order valence-electron chi connectivity index (χ0n) is 22.1. The fourth-order valence-corrected chi connectivity index (χ4v) is 5.04. The van der Waals surface area contributed by atoms with Gasteiger partial charge < -0.3 is 14.5 Å². The van der Waals surface area contributed by atoms with Crippen molar-refractivity contribution in [2.45, 2.75) is 6.18 Å². The van der Waals surface area contributed by atoms with Crippen LogP contribution in [-0.4, -0.2) is 30.2 Å². The monoisotopic (exact) mass is 669 g/mol. The number of rotatable bonds is 7. The Morgan fingerprint density at radius 3 is 2.49 bits per heavy atom. The first-order chi connectivity index (χ1) is 20.6. The van der Waals surface area contributed by atoms with Gasteiger partial charge in [-0.1, -0.05) is 48.0 Å². The Balaban J connectivity index is 1.35. The smallest absolute Gasteiger partial charge is 0.416 e. The van der Waals surface area contributed by atoms with E-state index in [4.69, 9.17) is 21.1 Å². The highest BCUT2D eigenvalue weighted by molar-refractivity contribution is 9.10. The van der Waals surface area contributed by atoms with Gasteiger partial charge in [-0.2, -0.15) is 18.3 Å². The highest BCUT2D eigenvalue weighted by atomic mass is 79.9. The van der Waals surface area contributed by atoms with Crippen LogP contribution in [0.2, 0.25) is 5.02 Å². The van der Waals surface area contributed by atoms with E-state index in [0.717, 1.165) is 22.0 Å². The van der Waals surface area contributed by atoms with Gasteiger partial charge >= 0.3 is 12.1 Å². The fraction of sp³-hybridized carbons (Fsp3) is 0.0645. The number of ether oxygens (including phenoxy) is 2. The van der Waals surface area contributed by atoms with Gasteiger partial charge in [0.2, 0.25) is 0 Å².